The summed E-state index contributed by atoms with van der Waals surface area (Å²) in [6, 6.07) is 19.3. The molecule has 0 unspecified atom stereocenters. The second-order valence-corrected chi connectivity index (χ2v) is 8.88. The molecule has 162 valence electrons. The van der Waals surface area contributed by atoms with E-state index < -0.39 is 5.82 Å². The molecule has 0 bridgehead atoms. The lowest BCUT2D eigenvalue weighted by molar-refractivity contribution is -0.113. The highest BCUT2D eigenvalue weighted by atomic mass is 35.5. The van der Waals surface area contributed by atoms with Crippen LogP contribution in [0.4, 0.5) is 10.1 Å². The topological polar surface area (TPSA) is 38.8 Å². The lowest BCUT2D eigenvalue weighted by Crippen LogP contribution is -2.27. The number of carbonyl (C=O) groups is 1. The molecule has 8 heteroatoms. The van der Waals surface area contributed by atoms with Crippen molar-refractivity contribution in [2.24, 2.45) is 0 Å². The number of nitrogens with zero attached hydrogens (tertiary/aromatic N) is 1. The van der Waals surface area contributed by atoms with Gasteiger partial charge in [-0.05, 0) is 47.5 Å². The van der Waals surface area contributed by atoms with E-state index in [1.54, 1.807) is 25.3 Å². The number of halogens is 2. The van der Waals surface area contributed by atoms with Crippen LogP contribution in [-0.2, 0) is 11.4 Å². The third kappa shape index (κ3) is 4.80. The second kappa shape index (κ2) is 9.73. The van der Waals surface area contributed by atoms with Crippen molar-refractivity contribution in [2.75, 3.05) is 12.0 Å². The maximum atomic E-state index is 13.5. The van der Waals surface area contributed by atoms with Crippen LogP contribution in [0.15, 0.2) is 71.6 Å². The Hall–Kier alpha value is -2.87. The fourth-order valence-corrected chi connectivity index (χ4v) is 4.57. The molecule has 0 aromatic heterocycles. The van der Waals surface area contributed by atoms with E-state index >= 15 is 0 Å². The van der Waals surface area contributed by atoms with Crippen molar-refractivity contribution in [3.8, 4) is 11.5 Å². The molecule has 0 spiro atoms. The Morgan fingerprint density at radius 2 is 1.88 bits per heavy atom. The van der Waals surface area contributed by atoms with E-state index in [1.165, 1.54) is 34.9 Å². The van der Waals surface area contributed by atoms with E-state index in [0.717, 1.165) is 11.1 Å². The number of hydrogen-bond acceptors (Lipinski definition) is 5. The molecule has 4 rings (SSSR count). The first-order chi connectivity index (χ1) is 15.5. The van der Waals surface area contributed by atoms with E-state index in [0.29, 0.717) is 33.0 Å². The molecule has 1 fully saturated rings. The molecular weight excluding hydrogens is 469 g/mol. The molecule has 1 amide bonds. The summed E-state index contributed by atoms with van der Waals surface area (Å²) in [7, 11) is 1.56. The zero-order chi connectivity index (χ0) is 22.7. The highest BCUT2D eigenvalue weighted by Gasteiger charge is 2.33. The van der Waals surface area contributed by atoms with Gasteiger partial charge >= 0.3 is 0 Å². The Balaban J connectivity index is 1.54. The molecule has 0 saturated carbocycles. The summed E-state index contributed by atoms with van der Waals surface area (Å²) >= 11 is 12.4. The van der Waals surface area contributed by atoms with Gasteiger partial charge in [-0.2, -0.15) is 0 Å². The van der Waals surface area contributed by atoms with E-state index in [9.17, 15) is 9.18 Å². The van der Waals surface area contributed by atoms with Crippen LogP contribution in [0.5, 0.6) is 11.5 Å². The van der Waals surface area contributed by atoms with E-state index in [1.807, 2.05) is 36.4 Å². The maximum Gasteiger partial charge on any atom is 0.270 e. The normalized spacial score (nSPS) is 14.8. The van der Waals surface area contributed by atoms with Crippen LogP contribution < -0.4 is 14.4 Å². The lowest BCUT2D eigenvalue weighted by Gasteiger charge is -2.14. The van der Waals surface area contributed by atoms with E-state index in [-0.39, 0.29) is 10.9 Å². The van der Waals surface area contributed by atoms with Gasteiger partial charge in [0.05, 0.1) is 22.7 Å². The smallest absolute Gasteiger partial charge is 0.270 e. The Morgan fingerprint density at radius 1 is 1.09 bits per heavy atom. The van der Waals surface area contributed by atoms with Gasteiger partial charge in [-0.3, -0.25) is 9.69 Å². The molecule has 1 heterocycles. The Labute approximate surface area is 199 Å². The summed E-state index contributed by atoms with van der Waals surface area (Å²) in [5, 5.41) is -0.0728. The van der Waals surface area contributed by atoms with Gasteiger partial charge in [0.15, 0.2) is 15.8 Å². The highest BCUT2D eigenvalue weighted by molar-refractivity contribution is 8.27. The second-order valence-electron chi connectivity index (χ2n) is 6.80. The summed E-state index contributed by atoms with van der Waals surface area (Å²) < 4.78 is 25.2. The fraction of sp³-hybridized carbons (Fsp3) is 0.0833. The molecule has 0 radical (unpaired) electrons. The summed E-state index contributed by atoms with van der Waals surface area (Å²) in [5.41, 5.74) is 2.22. The number of carbonyl (C=O) groups excluding carboxylic acids is 1. The predicted octanol–water partition coefficient (Wildman–Crippen LogP) is 6.47. The molecule has 32 heavy (non-hydrogen) atoms. The van der Waals surface area contributed by atoms with Gasteiger partial charge < -0.3 is 9.47 Å². The predicted molar refractivity (Wildman–Crippen MR) is 131 cm³/mol. The molecule has 0 aliphatic carbocycles. The summed E-state index contributed by atoms with van der Waals surface area (Å²) in [4.78, 5) is 14.7. The van der Waals surface area contributed by atoms with Crippen molar-refractivity contribution < 1.29 is 18.7 Å². The molecule has 1 aliphatic rings. The van der Waals surface area contributed by atoms with Crippen LogP contribution in [-0.4, -0.2) is 17.3 Å². The molecule has 1 saturated heterocycles. The number of rotatable bonds is 6. The third-order valence-electron chi connectivity index (χ3n) is 4.68. The van der Waals surface area contributed by atoms with Crippen LogP contribution in [0.2, 0.25) is 5.02 Å². The number of ether oxygens (including phenoxy) is 2. The van der Waals surface area contributed by atoms with E-state index in [4.69, 9.17) is 33.3 Å². The molecule has 0 N–H and O–H groups in total. The summed E-state index contributed by atoms with van der Waals surface area (Å²) in [6.07, 6.45) is 1.73. The van der Waals surface area contributed by atoms with Gasteiger partial charge in [0.1, 0.15) is 12.4 Å². The van der Waals surface area contributed by atoms with Crippen molar-refractivity contribution in [2.45, 2.75) is 6.61 Å². The number of thiocarbonyl (C=S) groups is 1. The molecule has 3 aromatic carbocycles. The van der Waals surface area contributed by atoms with Crippen LogP contribution in [0.1, 0.15) is 11.1 Å². The third-order valence-corrected chi connectivity index (χ3v) is 6.27. The zero-order valence-corrected chi connectivity index (χ0v) is 19.3. The van der Waals surface area contributed by atoms with Crippen LogP contribution in [0.3, 0.4) is 0 Å². The van der Waals surface area contributed by atoms with Gasteiger partial charge in [-0.25, -0.2) is 4.39 Å². The van der Waals surface area contributed by atoms with Gasteiger partial charge in [0.25, 0.3) is 5.91 Å². The fourth-order valence-electron chi connectivity index (χ4n) is 3.09. The first-order valence-electron chi connectivity index (χ1n) is 9.54. The summed E-state index contributed by atoms with van der Waals surface area (Å²) in [6.45, 7) is 0.412. The number of thioether (sulfide) groups is 1. The highest BCUT2D eigenvalue weighted by Crippen LogP contribution is 2.38. The number of amides is 1. The minimum atomic E-state index is -0.557. The minimum Gasteiger partial charge on any atom is -0.493 e. The summed E-state index contributed by atoms with van der Waals surface area (Å²) in [5.74, 6) is 0.293. The van der Waals surface area contributed by atoms with Crippen molar-refractivity contribution in [1.29, 1.82) is 0 Å². The van der Waals surface area contributed by atoms with Gasteiger partial charge in [0, 0.05) is 0 Å². The van der Waals surface area contributed by atoms with Gasteiger partial charge in [-0.15, -0.1) is 0 Å². The van der Waals surface area contributed by atoms with Gasteiger partial charge in [0.2, 0.25) is 0 Å². The number of hydrogen-bond donors (Lipinski definition) is 0. The van der Waals surface area contributed by atoms with Crippen molar-refractivity contribution >= 4 is 57.6 Å². The van der Waals surface area contributed by atoms with Crippen LogP contribution in [0, 0.1) is 5.82 Å². The first-order valence-corrected chi connectivity index (χ1v) is 11.1. The van der Waals surface area contributed by atoms with Crippen LogP contribution >= 0.6 is 35.6 Å². The molecule has 3 aromatic rings. The van der Waals surface area contributed by atoms with Crippen LogP contribution in [0.25, 0.3) is 6.08 Å². The molecule has 1 aliphatic heterocycles. The standard InChI is InChI=1S/C24H17ClFNO3S2/c1-29-21-11-16(7-10-20(21)30-14-15-5-3-2-4-6-15)12-22-23(28)27(24(31)32-22)17-8-9-19(26)18(25)13-17/h2-13H,14H2,1H3/b22-12+. The zero-order valence-electron chi connectivity index (χ0n) is 16.9. The number of anilines is 1. The quantitative estimate of drug-likeness (QED) is 0.295. The Kier molecular flexibility index (Phi) is 6.79. The lowest BCUT2D eigenvalue weighted by atomic mass is 10.1. The van der Waals surface area contributed by atoms with Gasteiger partial charge in [-0.1, -0.05) is 72.0 Å². The molecule has 0 atom stereocenters. The SMILES string of the molecule is COc1cc(/C=C2/SC(=S)N(c3ccc(F)c(Cl)c3)C2=O)ccc1OCc1ccccc1. The average molecular weight is 486 g/mol. The first kappa shape index (κ1) is 22.3. The monoisotopic (exact) mass is 485 g/mol. The van der Waals surface area contributed by atoms with Crippen molar-refractivity contribution in [1.82, 2.24) is 0 Å². The maximum absolute atomic E-state index is 13.5. The van der Waals surface area contributed by atoms with Crippen molar-refractivity contribution in [3.63, 3.8) is 0 Å². The average Bonchev–Trinajstić information content (AvgIpc) is 3.08. The number of methoxy groups -OCH3 is 1. The van der Waals surface area contributed by atoms with E-state index in [2.05, 4.69) is 0 Å². The molecule has 4 nitrogen and oxygen atoms in total. The minimum absolute atomic E-state index is 0.0728. The Morgan fingerprint density at radius 3 is 2.59 bits per heavy atom. The van der Waals surface area contributed by atoms with Crippen molar-refractivity contribution in [3.05, 3.63) is 93.6 Å². The Bertz CT molecular complexity index is 1220. The largest absolute Gasteiger partial charge is 0.493 e. The molecular formula is C24H17ClFNO3S2. The number of benzene rings is 3.